The van der Waals surface area contributed by atoms with Crippen molar-refractivity contribution in [3.63, 3.8) is 0 Å². The number of anilines is 1. The topological polar surface area (TPSA) is 83.9 Å². The van der Waals surface area contributed by atoms with Crippen molar-refractivity contribution >= 4 is 34.1 Å². The minimum Gasteiger partial charge on any atom is -0.389 e. The minimum absolute atomic E-state index is 0.0344. The van der Waals surface area contributed by atoms with E-state index in [4.69, 9.17) is 21.1 Å². The van der Waals surface area contributed by atoms with Crippen LogP contribution in [0.25, 0.3) is 10.8 Å². The highest BCUT2D eigenvalue weighted by atomic mass is 35.5. The van der Waals surface area contributed by atoms with Gasteiger partial charge in [0.1, 0.15) is 5.82 Å². The number of hydrogen-bond donors (Lipinski definition) is 2. The van der Waals surface area contributed by atoms with Gasteiger partial charge in [-0.05, 0) is 93.1 Å². The van der Waals surface area contributed by atoms with Gasteiger partial charge in [-0.3, -0.25) is 9.69 Å². The molecule has 5 atom stereocenters. The number of carbonyl (C=O) groups is 1. The molecular weight excluding hydrogens is 466 g/mol. The summed E-state index contributed by atoms with van der Waals surface area (Å²) in [6.07, 6.45) is 6.63. The maximum absolute atomic E-state index is 12.8. The summed E-state index contributed by atoms with van der Waals surface area (Å²) in [5.41, 5.74) is 0.845. The highest BCUT2D eigenvalue weighted by Gasteiger charge is 2.49. The van der Waals surface area contributed by atoms with Crippen molar-refractivity contribution in [3.05, 3.63) is 35.0 Å². The van der Waals surface area contributed by atoms with Gasteiger partial charge < -0.3 is 19.9 Å². The molecule has 3 aliphatic heterocycles. The van der Waals surface area contributed by atoms with Crippen molar-refractivity contribution < 1.29 is 19.4 Å². The number of likely N-dealkylation sites (tertiary alicyclic amines) is 1. The third kappa shape index (κ3) is 4.46. The van der Waals surface area contributed by atoms with E-state index in [9.17, 15) is 9.90 Å². The maximum Gasteiger partial charge on any atom is 0.229 e. The molecule has 4 aliphatic rings. The molecule has 7 nitrogen and oxygen atoms in total. The predicted molar refractivity (Wildman–Crippen MR) is 135 cm³/mol. The van der Waals surface area contributed by atoms with Crippen LogP contribution in [0.4, 0.5) is 5.82 Å². The Bertz CT molecular complexity index is 1120. The van der Waals surface area contributed by atoms with E-state index in [0.717, 1.165) is 73.2 Å². The molecule has 8 heteroatoms. The average molecular weight is 500 g/mol. The van der Waals surface area contributed by atoms with Crippen LogP contribution in [0.1, 0.15) is 50.5 Å². The normalized spacial score (nSPS) is 33.9. The monoisotopic (exact) mass is 499 g/mol. The maximum atomic E-state index is 12.8. The van der Waals surface area contributed by atoms with E-state index in [1.165, 1.54) is 0 Å². The molecule has 0 radical (unpaired) electrons. The van der Waals surface area contributed by atoms with E-state index in [1.807, 2.05) is 12.1 Å². The van der Waals surface area contributed by atoms with Gasteiger partial charge in [0, 0.05) is 29.1 Å². The van der Waals surface area contributed by atoms with E-state index in [-0.39, 0.29) is 23.5 Å². The lowest BCUT2D eigenvalue weighted by molar-refractivity contribution is -0.118. The number of amides is 1. The molecule has 0 spiro atoms. The van der Waals surface area contributed by atoms with E-state index in [2.05, 4.69) is 28.2 Å². The first-order valence-corrected chi connectivity index (χ1v) is 13.3. The van der Waals surface area contributed by atoms with Crippen molar-refractivity contribution in [1.29, 1.82) is 0 Å². The number of ether oxygens (including phenoxy) is 2. The van der Waals surface area contributed by atoms with Crippen LogP contribution >= 0.6 is 11.6 Å². The third-order valence-corrected chi connectivity index (χ3v) is 9.08. The Hall–Kier alpha value is -1.77. The summed E-state index contributed by atoms with van der Waals surface area (Å²) in [6.45, 7) is 5.71. The van der Waals surface area contributed by atoms with Gasteiger partial charge in [-0.15, -0.1) is 0 Å². The summed E-state index contributed by atoms with van der Waals surface area (Å²) in [4.78, 5) is 19.6. The molecule has 0 bridgehead atoms. The van der Waals surface area contributed by atoms with Crippen LogP contribution in [-0.2, 0) is 14.3 Å². The summed E-state index contributed by atoms with van der Waals surface area (Å²) in [6, 6.07) is 6.11. The van der Waals surface area contributed by atoms with Gasteiger partial charge in [-0.25, -0.2) is 4.98 Å². The second-order valence-corrected chi connectivity index (χ2v) is 11.4. The first-order valence-electron chi connectivity index (χ1n) is 12.9. The number of piperidine rings is 1. The largest absolute Gasteiger partial charge is 0.389 e. The van der Waals surface area contributed by atoms with Crippen LogP contribution in [0.5, 0.6) is 0 Å². The minimum atomic E-state index is -0.443. The Morgan fingerprint density at radius 2 is 2.06 bits per heavy atom. The molecule has 3 saturated heterocycles. The summed E-state index contributed by atoms with van der Waals surface area (Å²) in [7, 11) is 0. The van der Waals surface area contributed by atoms with Crippen LogP contribution < -0.4 is 5.32 Å². The zero-order valence-corrected chi connectivity index (χ0v) is 21.0. The Kier molecular flexibility index (Phi) is 6.26. The van der Waals surface area contributed by atoms with Gasteiger partial charge in [0.2, 0.25) is 5.91 Å². The molecule has 1 aliphatic carbocycles. The second-order valence-electron chi connectivity index (χ2n) is 11.0. The number of aromatic nitrogens is 1. The molecular formula is C27H34ClN3O4. The van der Waals surface area contributed by atoms with Crippen molar-refractivity contribution in [3.8, 4) is 0 Å². The van der Waals surface area contributed by atoms with Crippen molar-refractivity contribution in [2.24, 2.45) is 11.8 Å². The van der Waals surface area contributed by atoms with Gasteiger partial charge in [-0.1, -0.05) is 11.6 Å². The molecule has 3 unspecified atom stereocenters. The van der Waals surface area contributed by atoms with Crippen LogP contribution in [0, 0.1) is 11.8 Å². The van der Waals surface area contributed by atoms with Crippen LogP contribution in [0.15, 0.2) is 24.4 Å². The molecule has 2 N–H and O–H groups in total. The van der Waals surface area contributed by atoms with Crippen LogP contribution in [0.3, 0.4) is 0 Å². The number of aliphatic hydroxyl groups is 1. The Labute approximate surface area is 211 Å². The number of fused-ring (bicyclic) bond motifs is 1. The van der Waals surface area contributed by atoms with Crippen molar-refractivity contribution in [1.82, 2.24) is 9.88 Å². The Morgan fingerprint density at radius 3 is 2.77 bits per heavy atom. The smallest absolute Gasteiger partial charge is 0.229 e. The summed E-state index contributed by atoms with van der Waals surface area (Å²) < 4.78 is 11.3. The van der Waals surface area contributed by atoms with Crippen molar-refractivity contribution in [2.45, 2.75) is 62.7 Å². The third-order valence-electron chi connectivity index (χ3n) is 8.75. The average Bonchev–Trinajstić information content (AvgIpc) is 3.32. The number of aliphatic hydroxyl groups excluding tert-OH is 1. The van der Waals surface area contributed by atoms with Gasteiger partial charge in [0.15, 0.2) is 0 Å². The highest BCUT2D eigenvalue weighted by molar-refractivity contribution is 6.32. The van der Waals surface area contributed by atoms with E-state index in [0.29, 0.717) is 30.9 Å². The number of nitrogens with one attached hydrogen (secondary N) is 1. The molecule has 1 aromatic carbocycles. The number of hydrogen-bond acceptors (Lipinski definition) is 6. The van der Waals surface area contributed by atoms with E-state index >= 15 is 0 Å². The molecule has 4 fully saturated rings. The fourth-order valence-electron chi connectivity index (χ4n) is 6.31. The fourth-order valence-corrected chi connectivity index (χ4v) is 6.63. The molecule has 1 aromatic heterocycles. The van der Waals surface area contributed by atoms with Crippen LogP contribution in [-0.4, -0.2) is 71.6 Å². The zero-order chi connectivity index (χ0) is 24.2. The number of halogens is 1. The van der Waals surface area contributed by atoms with Gasteiger partial charge in [0.25, 0.3) is 0 Å². The molecule has 1 saturated carbocycles. The molecule has 1 amide bonds. The Morgan fingerprint density at radius 1 is 1.23 bits per heavy atom. The van der Waals surface area contributed by atoms with Crippen LogP contribution in [0.2, 0.25) is 5.02 Å². The lowest BCUT2D eigenvalue weighted by Crippen LogP contribution is -2.56. The van der Waals surface area contributed by atoms with Gasteiger partial charge in [-0.2, -0.15) is 0 Å². The SMILES string of the molecule is C[C@]1(N2CCC(c3cc4cc(NC(=O)C5CC5C5CCCO5)ncc4cc3Cl)CC2)COC[C@H]1O. The standard InChI is InChI=1S/C27H34ClN3O4/c1-27(15-34-14-24(27)32)31-6-4-16(5-7-31)19-9-17-11-25(29-13-18(17)10-22(19)28)30-26(33)21-12-20(21)23-3-2-8-35-23/h9-11,13,16,20-21,23-24,32H,2-8,12,14-15H2,1H3,(H,29,30,33)/t20?,21?,23?,24-,27+/m1/s1. The van der Waals surface area contributed by atoms with E-state index < -0.39 is 6.10 Å². The van der Waals surface area contributed by atoms with E-state index in [1.54, 1.807) is 6.20 Å². The first kappa shape index (κ1) is 23.6. The molecule has 2 aromatic rings. The molecule has 4 heterocycles. The number of pyridine rings is 1. The predicted octanol–water partition coefficient (Wildman–Crippen LogP) is 3.97. The van der Waals surface area contributed by atoms with Gasteiger partial charge >= 0.3 is 0 Å². The second kappa shape index (κ2) is 9.27. The summed E-state index contributed by atoms with van der Waals surface area (Å²) >= 11 is 6.72. The lowest BCUT2D eigenvalue weighted by atomic mass is 9.85. The Balaban J connectivity index is 1.14. The number of benzene rings is 1. The highest BCUT2D eigenvalue weighted by Crippen LogP contribution is 2.46. The molecule has 6 rings (SSSR count). The van der Waals surface area contributed by atoms with Crippen molar-refractivity contribution in [2.75, 3.05) is 38.2 Å². The number of carbonyl (C=O) groups excluding carboxylic acids is 1. The molecule has 35 heavy (non-hydrogen) atoms. The summed E-state index contributed by atoms with van der Waals surface area (Å²) in [5.74, 6) is 1.38. The number of nitrogens with zero attached hydrogens (tertiary/aromatic N) is 2. The fraction of sp³-hybridized carbons (Fsp3) is 0.630. The number of rotatable bonds is 5. The first-order chi connectivity index (χ1) is 16.9. The lowest BCUT2D eigenvalue weighted by Gasteiger charge is -2.43. The zero-order valence-electron chi connectivity index (χ0n) is 20.2. The molecule has 188 valence electrons. The summed E-state index contributed by atoms with van der Waals surface area (Å²) in [5, 5.41) is 16.2. The van der Waals surface area contributed by atoms with Gasteiger partial charge in [0.05, 0.1) is 31.0 Å². The quantitative estimate of drug-likeness (QED) is 0.647.